The van der Waals surface area contributed by atoms with Gasteiger partial charge >= 0.3 is 0 Å². The summed E-state index contributed by atoms with van der Waals surface area (Å²) in [5.74, 6) is 0.723. The minimum Gasteiger partial charge on any atom is -0.503 e. The van der Waals surface area contributed by atoms with Crippen LogP contribution in [-0.4, -0.2) is 28.4 Å². The Morgan fingerprint density at radius 1 is 1.35 bits per heavy atom. The molecule has 118 valence electrons. The summed E-state index contributed by atoms with van der Waals surface area (Å²) < 4.78 is 4.99. The molecular formula is C16H15ClN4O2. The lowest BCUT2D eigenvalue weighted by Gasteiger charge is -2.06. The van der Waals surface area contributed by atoms with Crippen molar-refractivity contribution < 1.29 is 9.84 Å². The van der Waals surface area contributed by atoms with Gasteiger partial charge in [-0.25, -0.2) is 10.4 Å². The number of aromatic nitrogens is 2. The summed E-state index contributed by atoms with van der Waals surface area (Å²) in [6.07, 6.45) is 1.50. The highest BCUT2D eigenvalue weighted by Gasteiger charge is 2.09. The van der Waals surface area contributed by atoms with Crippen LogP contribution in [0.15, 0.2) is 35.4 Å². The number of phenolic OH excluding ortho intramolecular Hbond substituents is 1. The molecule has 0 aliphatic heterocycles. The van der Waals surface area contributed by atoms with Gasteiger partial charge in [0.25, 0.3) is 0 Å². The third kappa shape index (κ3) is 3.07. The van der Waals surface area contributed by atoms with Crippen LogP contribution in [0.3, 0.4) is 0 Å². The first kappa shape index (κ1) is 15.2. The van der Waals surface area contributed by atoms with Gasteiger partial charge in [-0.2, -0.15) is 5.10 Å². The van der Waals surface area contributed by atoms with E-state index < -0.39 is 0 Å². The van der Waals surface area contributed by atoms with Gasteiger partial charge < -0.3 is 14.8 Å². The van der Waals surface area contributed by atoms with Crippen LogP contribution < -0.4 is 10.2 Å². The number of benzene rings is 2. The van der Waals surface area contributed by atoms with E-state index in [1.165, 1.54) is 13.3 Å². The van der Waals surface area contributed by atoms with Crippen molar-refractivity contribution in [1.82, 2.24) is 9.97 Å². The predicted octanol–water partition coefficient (Wildman–Crippen LogP) is 3.68. The Kier molecular flexibility index (Phi) is 4.08. The average Bonchev–Trinajstić information content (AvgIpc) is 2.93. The molecule has 23 heavy (non-hydrogen) atoms. The second kappa shape index (κ2) is 6.18. The Labute approximate surface area is 137 Å². The summed E-state index contributed by atoms with van der Waals surface area (Å²) >= 11 is 6.07. The molecule has 3 rings (SSSR count). The number of methoxy groups -OCH3 is 1. The van der Waals surface area contributed by atoms with Crippen molar-refractivity contribution in [3.05, 3.63) is 46.5 Å². The van der Waals surface area contributed by atoms with Crippen molar-refractivity contribution in [2.75, 3.05) is 12.5 Å². The summed E-state index contributed by atoms with van der Waals surface area (Å²) in [5, 5.41) is 14.1. The van der Waals surface area contributed by atoms with E-state index in [0.29, 0.717) is 17.3 Å². The minimum absolute atomic E-state index is 0.114. The molecule has 0 atom stereocenters. The van der Waals surface area contributed by atoms with E-state index in [-0.39, 0.29) is 10.8 Å². The van der Waals surface area contributed by atoms with Crippen LogP contribution >= 0.6 is 11.6 Å². The lowest BCUT2D eigenvalue weighted by Crippen LogP contribution is -1.94. The van der Waals surface area contributed by atoms with E-state index in [9.17, 15) is 5.11 Å². The minimum atomic E-state index is -0.114. The van der Waals surface area contributed by atoms with Gasteiger partial charge in [0.05, 0.1) is 29.4 Å². The number of hydrogen-bond donors (Lipinski definition) is 3. The first-order valence-electron chi connectivity index (χ1n) is 6.89. The van der Waals surface area contributed by atoms with Crippen molar-refractivity contribution in [1.29, 1.82) is 0 Å². The number of phenols is 1. The molecule has 0 saturated heterocycles. The molecule has 0 bridgehead atoms. The molecule has 6 nitrogen and oxygen atoms in total. The van der Waals surface area contributed by atoms with Crippen LogP contribution in [0, 0.1) is 6.92 Å². The first-order valence-corrected chi connectivity index (χ1v) is 7.27. The van der Waals surface area contributed by atoms with Crippen molar-refractivity contribution >= 4 is 34.8 Å². The number of H-pyrrole nitrogens is 1. The van der Waals surface area contributed by atoms with Crippen LogP contribution in [-0.2, 0) is 0 Å². The lowest BCUT2D eigenvalue weighted by molar-refractivity contribution is 0.373. The Balaban J connectivity index is 1.79. The number of nitrogens with zero attached hydrogens (tertiary/aromatic N) is 2. The van der Waals surface area contributed by atoms with Gasteiger partial charge in [-0.3, -0.25) is 0 Å². The molecule has 1 heterocycles. The van der Waals surface area contributed by atoms with E-state index in [4.69, 9.17) is 16.3 Å². The molecule has 0 amide bonds. The number of aromatic amines is 1. The van der Waals surface area contributed by atoms with Crippen LogP contribution in [0.5, 0.6) is 11.5 Å². The molecule has 0 aliphatic carbocycles. The van der Waals surface area contributed by atoms with E-state index >= 15 is 0 Å². The number of imidazole rings is 1. The van der Waals surface area contributed by atoms with Gasteiger partial charge in [0.1, 0.15) is 0 Å². The Morgan fingerprint density at radius 2 is 2.17 bits per heavy atom. The standard InChI is InChI=1S/C16H15ClN4O2/c1-9-3-5-11-12(7-9)20-16(19-11)21-18-8-10-4-6-13(23-2)15(22)14(10)17/h3-8,22H,1-2H3,(H2,19,20,21)/b18-8-. The second-order valence-corrected chi connectivity index (χ2v) is 5.37. The number of ether oxygens (including phenoxy) is 1. The molecule has 3 aromatic rings. The molecule has 1 aromatic heterocycles. The number of anilines is 1. The molecule has 7 heteroatoms. The van der Waals surface area contributed by atoms with Crippen LogP contribution in [0.4, 0.5) is 5.95 Å². The molecule has 2 aromatic carbocycles. The second-order valence-electron chi connectivity index (χ2n) is 5.00. The molecule has 0 fully saturated rings. The normalized spacial score (nSPS) is 11.3. The summed E-state index contributed by atoms with van der Waals surface area (Å²) in [4.78, 5) is 7.50. The molecule has 0 saturated carbocycles. The monoisotopic (exact) mass is 330 g/mol. The molecule has 3 N–H and O–H groups in total. The van der Waals surface area contributed by atoms with Crippen molar-refractivity contribution in [2.24, 2.45) is 5.10 Å². The maximum absolute atomic E-state index is 9.86. The SMILES string of the molecule is COc1ccc(/C=N\Nc2nc3ccc(C)cc3[nH]2)c(Cl)c1O. The van der Waals surface area contributed by atoms with Gasteiger partial charge in [-0.1, -0.05) is 17.7 Å². The van der Waals surface area contributed by atoms with Gasteiger partial charge in [0.15, 0.2) is 11.5 Å². The van der Waals surface area contributed by atoms with Crippen LogP contribution in [0.2, 0.25) is 5.02 Å². The average molecular weight is 331 g/mol. The van der Waals surface area contributed by atoms with E-state index in [1.807, 2.05) is 25.1 Å². The Morgan fingerprint density at radius 3 is 2.96 bits per heavy atom. The predicted molar refractivity (Wildman–Crippen MR) is 91.7 cm³/mol. The highest BCUT2D eigenvalue weighted by atomic mass is 35.5. The molecule has 0 unspecified atom stereocenters. The Bertz CT molecular complexity index is 889. The number of aromatic hydroxyl groups is 1. The van der Waals surface area contributed by atoms with Crippen molar-refractivity contribution in [3.8, 4) is 11.5 Å². The quantitative estimate of drug-likeness (QED) is 0.503. The summed E-state index contributed by atoms with van der Waals surface area (Å²) in [6.45, 7) is 2.02. The van der Waals surface area contributed by atoms with Crippen LogP contribution in [0.25, 0.3) is 11.0 Å². The number of nitrogens with one attached hydrogen (secondary N) is 2. The number of halogens is 1. The topological polar surface area (TPSA) is 82.5 Å². The highest BCUT2D eigenvalue weighted by molar-refractivity contribution is 6.34. The summed E-state index contributed by atoms with van der Waals surface area (Å²) in [5.41, 5.74) is 6.31. The number of rotatable bonds is 4. The number of hydrazone groups is 1. The Hall–Kier alpha value is -2.73. The smallest absolute Gasteiger partial charge is 0.222 e. The largest absolute Gasteiger partial charge is 0.503 e. The molecule has 0 spiro atoms. The van der Waals surface area contributed by atoms with Gasteiger partial charge in [0, 0.05) is 5.56 Å². The van der Waals surface area contributed by atoms with Crippen molar-refractivity contribution in [3.63, 3.8) is 0 Å². The fourth-order valence-electron chi connectivity index (χ4n) is 2.17. The summed E-state index contributed by atoms with van der Waals surface area (Å²) in [7, 11) is 1.46. The fraction of sp³-hybridized carbons (Fsp3) is 0.125. The van der Waals surface area contributed by atoms with Crippen LogP contribution in [0.1, 0.15) is 11.1 Å². The van der Waals surface area contributed by atoms with Gasteiger partial charge in [-0.15, -0.1) is 0 Å². The molecular weight excluding hydrogens is 316 g/mol. The zero-order valence-corrected chi connectivity index (χ0v) is 13.3. The number of hydrogen-bond acceptors (Lipinski definition) is 5. The first-order chi connectivity index (χ1) is 11.1. The maximum Gasteiger partial charge on any atom is 0.222 e. The maximum atomic E-state index is 9.86. The third-order valence-electron chi connectivity index (χ3n) is 3.34. The zero-order valence-electron chi connectivity index (χ0n) is 12.6. The lowest BCUT2D eigenvalue weighted by atomic mass is 10.2. The van der Waals surface area contributed by atoms with Crippen molar-refractivity contribution in [2.45, 2.75) is 6.92 Å². The number of aryl methyl sites for hydroxylation is 1. The van der Waals surface area contributed by atoms with E-state index in [1.54, 1.807) is 12.1 Å². The summed E-state index contributed by atoms with van der Waals surface area (Å²) in [6, 6.07) is 9.26. The van der Waals surface area contributed by atoms with E-state index in [2.05, 4.69) is 20.5 Å². The molecule has 0 radical (unpaired) electrons. The fourth-order valence-corrected chi connectivity index (χ4v) is 2.37. The highest BCUT2D eigenvalue weighted by Crippen LogP contribution is 2.35. The van der Waals surface area contributed by atoms with Gasteiger partial charge in [0.2, 0.25) is 5.95 Å². The van der Waals surface area contributed by atoms with Gasteiger partial charge in [-0.05, 0) is 36.8 Å². The molecule has 0 aliphatic rings. The third-order valence-corrected chi connectivity index (χ3v) is 3.74. The zero-order chi connectivity index (χ0) is 16.4. The number of fused-ring (bicyclic) bond motifs is 1. The van der Waals surface area contributed by atoms with E-state index in [0.717, 1.165) is 16.6 Å².